The molecule has 2 atom stereocenters. The Balaban J connectivity index is 2.55. The van der Waals surface area contributed by atoms with Crippen molar-refractivity contribution in [3.8, 4) is 0 Å². The summed E-state index contributed by atoms with van der Waals surface area (Å²) in [6, 6.07) is 0. The van der Waals surface area contributed by atoms with Gasteiger partial charge in [0.1, 0.15) is 0 Å². The molecule has 0 aromatic rings. The Hall–Kier alpha value is 0.600. The van der Waals surface area contributed by atoms with E-state index in [1.807, 2.05) is 11.6 Å². The lowest BCUT2D eigenvalue weighted by molar-refractivity contribution is 2.58. The lowest BCUT2D eigenvalue weighted by atomic mass is 11.3. The van der Waals surface area contributed by atoms with Gasteiger partial charge in [0.15, 0.2) is 0 Å². The highest BCUT2D eigenvalue weighted by molar-refractivity contribution is 7.25. The second kappa shape index (κ2) is 3.60. The van der Waals surface area contributed by atoms with E-state index in [1.165, 1.54) is 0 Å². The number of hydrogen-bond donors (Lipinski definition) is 0. The predicted octanol–water partition coefficient (Wildman–Crippen LogP) is 1.21. The minimum Gasteiger partial charge on any atom is -0.114 e. The third kappa shape index (κ3) is 2.60. The van der Waals surface area contributed by atoms with E-state index in [4.69, 9.17) is 0 Å². The average Bonchev–Trinajstić information content (AvgIpc) is 1.37. The molecular weight excluding hydrogens is 86.0 g/mol. The Morgan fingerprint density at radius 1 is 1.00 bits per heavy atom. The van der Waals surface area contributed by atoms with E-state index < -0.39 is 0 Å². The molecule has 0 aliphatic rings. The number of hydrogen-bond acceptors (Lipinski definition) is 0. The van der Waals surface area contributed by atoms with E-state index in [9.17, 15) is 0 Å². The molecule has 0 aromatic carbocycles. The Morgan fingerprint density at radius 2 is 1.25 bits per heavy atom. The molecule has 0 bridgehead atoms. The third-order valence-corrected chi connectivity index (χ3v) is 1.00. The monoisotopic (exact) mass is 92.0 g/mol. The van der Waals surface area contributed by atoms with Gasteiger partial charge in [-0.15, -0.1) is 18.5 Å². The van der Waals surface area contributed by atoms with E-state index in [-0.39, 0.29) is 0 Å². The molecule has 0 saturated heterocycles. The first-order valence-corrected chi connectivity index (χ1v) is 2.33. The maximum Gasteiger partial charge on any atom is -0.0663 e. The molecule has 0 heterocycles. The summed E-state index contributed by atoms with van der Waals surface area (Å²) in [5.74, 6) is 3.76. The second-order valence-corrected chi connectivity index (χ2v) is 1.15. The summed E-state index contributed by atoms with van der Waals surface area (Å²) in [6.07, 6.45) is 0. The van der Waals surface area contributed by atoms with Crippen molar-refractivity contribution >= 4 is 18.5 Å². The second-order valence-electron chi connectivity index (χ2n) is 0.385. The van der Waals surface area contributed by atoms with E-state index in [0.717, 1.165) is 0 Å². The molecule has 0 aromatic heterocycles. The molecule has 0 aliphatic carbocycles. The van der Waals surface area contributed by atoms with Gasteiger partial charge in [0.05, 0.1) is 0 Å². The van der Waals surface area contributed by atoms with E-state index in [1.54, 1.807) is 0 Å². The van der Waals surface area contributed by atoms with Gasteiger partial charge in [0, 0.05) is 0 Å². The highest BCUT2D eigenvalue weighted by atomic mass is 31.0. The molecule has 0 fully saturated rings. The van der Waals surface area contributed by atoms with Crippen molar-refractivity contribution in [2.24, 2.45) is 0 Å². The topological polar surface area (TPSA) is 0 Å². The fourth-order valence-electron chi connectivity index (χ4n) is 0. The lowest BCUT2D eigenvalue weighted by Gasteiger charge is -1.50. The van der Waals surface area contributed by atoms with Crippen molar-refractivity contribution in [2.75, 3.05) is 0 Å². The van der Waals surface area contributed by atoms with Gasteiger partial charge < -0.3 is 0 Å². The zero-order chi connectivity index (χ0) is 3.41. The van der Waals surface area contributed by atoms with Gasteiger partial charge in [-0.1, -0.05) is 11.6 Å². The highest BCUT2D eigenvalue weighted by Crippen LogP contribution is 1.86. The quantitative estimate of drug-likeness (QED) is 0.394. The Labute approximate surface area is 31.1 Å². The van der Waals surface area contributed by atoms with Crippen LogP contribution in [-0.4, -0.2) is 0 Å². The molecule has 0 amide bonds. The van der Waals surface area contributed by atoms with Crippen molar-refractivity contribution in [3.05, 3.63) is 11.6 Å². The van der Waals surface area contributed by atoms with Gasteiger partial charge in [-0.2, -0.15) is 0 Å². The van der Waals surface area contributed by atoms with Crippen molar-refractivity contribution in [2.45, 2.75) is 0 Å². The Bertz CT molecular complexity index is 19.2. The molecule has 0 rings (SSSR count). The SMILES string of the molecule is P/C=C\P. The number of rotatable bonds is 0. The predicted molar refractivity (Wildman–Crippen MR) is 28.6 cm³/mol. The molecule has 2 heteroatoms. The highest BCUT2D eigenvalue weighted by Gasteiger charge is 1.33. The molecule has 2 unspecified atom stereocenters. The van der Waals surface area contributed by atoms with E-state index in [2.05, 4.69) is 18.5 Å². The van der Waals surface area contributed by atoms with Crippen LogP contribution in [-0.2, 0) is 0 Å². The lowest BCUT2D eigenvalue weighted by Crippen LogP contribution is -1.07. The molecule has 0 nitrogen and oxygen atoms in total. The van der Waals surface area contributed by atoms with Crippen LogP contribution < -0.4 is 0 Å². The average molecular weight is 92.0 g/mol. The van der Waals surface area contributed by atoms with Crippen molar-refractivity contribution in [3.63, 3.8) is 0 Å². The summed E-state index contributed by atoms with van der Waals surface area (Å²) in [7, 11) is 4.91. The van der Waals surface area contributed by atoms with Crippen LogP contribution in [0.1, 0.15) is 0 Å². The smallest absolute Gasteiger partial charge is 0.0663 e. The summed E-state index contributed by atoms with van der Waals surface area (Å²) >= 11 is 0. The molecule has 24 valence electrons. The van der Waals surface area contributed by atoms with Gasteiger partial charge in [0.2, 0.25) is 0 Å². The maximum atomic E-state index is 2.45. The third-order valence-electron chi connectivity index (χ3n) is 0.111. The van der Waals surface area contributed by atoms with Gasteiger partial charge >= 0.3 is 0 Å². The first-order chi connectivity index (χ1) is 1.91. The van der Waals surface area contributed by atoms with E-state index in [0.29, 0.717) is 0 Å². The van der Waals surface area contributed by atoms with Crippen LogP contribution in [0, 0.1) is 0 Å². The van der Waals surface area contributed by atoms with Crippen LogP contribution in [0.25, 0.3) is 0 Å². The standard InChI is InChI=1S/C2H6P2/c3-1-2-4/h1-2H,3-4H2/b2-1-. The molecule has 0 aliphatic heterocycles. The fourth-order valence-corrected chi connectivity index (χ4v) is 0. The summed E-state index contributed by atoms with van der Waals surface area (Å²) < 4.78 is 0. The molecule has 0 saturated carbocycles. The van der Waals surface area contributed by atoms with Crippen LogP contribution in [0.5, 0.6) is 0 Å². The summed E-state index contributed by atoms with van der Waals surface area (Å²) in [5, 5.41) is 0. The van der Waals surface area contributed by atoms with Gasteiger partial charge in [0.25, 0.3) is 0 Å². The van der Waals surface area contributed by atoms with Crippen molar-refractivity contribution < 1.29 is 0 Å². The van der Waals surface area contributed by atoms with E-state index >= 15 is 0 Å². The summed E-state index contributed by atoms with van der Waals surface area (Å²) in [5.41, 5.74) is 0. The van der Waals surface area contributed by atoms with Crippen LogP contribution in [0.4, 0.5) is 0 Å². The first-order valence-electron chi connectivity index (χ1n) is 1.00. The summed E-state index contributed by atoms with van der Waals surface area (Å²) in [6.45, 7) is 0. The molecule has 4 heavy (non-hydrogen) atoms. The normalized spacial score (nSPS) is 9.50. The largest absolute Gasteiger partial charge is 0.114 e. The zero-order valence-corrected chi connectivity index (χ0v) is 4.62. The minimum absolute atomic E-state index is 1.88. The molecule has 0 spiro atoms. The Morgan fingerprint density at radius 3 is 1.25 bits per heavy atom. The van der Waals surface area contributed by atoms with Crippen LogP contribution in [0.3, 0.4) is 0 Å². The zero-order valence-electron chi connectivity index (χ0n) is 2.31. The first kappa shape index (κ1) is 4.60. The van der Waals surface area contributed by atoms with Gasteiger partial charge in [-0.25, -0.2) is 0 Å². The fraction of sp³-hybridized carbons (Fsp3) is 0. The summed E-state index contributed by atoms with van der Waals surface area (Å²) in [4.78, 5) is 0. The maximum absolute atomic E-state index is 2.45. The van der Waals surface area contributed by atoms with Crippen LogP contribution in [0.15, 0.2) is 11.6 Å². The van der Waals surface area contributed by atoms with Crippen LogP contribution in [0.2, 0.25) is 0 Å². The molecule has 0 radical (unpaired) electrons. The molecular formula is C2H6P2. The van der Waals surface area contributed by atoms with Gasteiger partial charge in [-0.3, -0.25) is 0 Å². The minimum atomic E-state index is 1.88. The van der Waals surface area contributed by atoms with Gasteiger partial charge in [-0.05, 0) is 0 Å². The van der Waals surface area contributed by atoms with Crippen molar-refractivity contribution in [1.82, 2.24) is 0 Å². The Kier molecular flexibility index (Phi) is 4.14. The van der Waals surface area contributed by atoms with Crippen molar-refractivity contribution in [1.29, 1.82) is 0 Å². The molecule has 0 N–H and O–H groups in total. The van der Waals surface area contributed by atoms with Crippen LogP contribution >= 0.6 is 18.5 Å².